The largest absolute Gasteiger partial charge is 0.510 e. The fourth-order valence-corrected chi connectivity index (χ4v) is 6.16. The van der Waals surface area contributed by atoms with Crippen molar-refractivity contribution in [3.8, 4) is 5.75 Å². The summed E-state index contributed by atoms with van der Waals surface area (Å²) >= 11 is 0. The first-order valence-electron chi connectivity index (χ1n) is 13.1. The molecule has 1 aromatic rings. The number of carbonyl (C=O) groups is 4. The molecule has 4 atom stereocenters. The van der Waals surface area contributed by atoms with Crippen molar-refractivity contribution >= 4 is 29.1 Å². The molecule has 41 heavy (non-hydrogen) atoms. The normalized spacial score (nSPS) is 26.1. The number of aromatic hydroxyl groups is 1. The standard InChI is InChI=1S/C28H35FN4O8/c1-10-18(29)12-7-11-8-13-20(33(5)6)23(37)17(26(30)40)25(39)28(13,41)24(38)15(11)21(35)16(12)22(36)19(10)32-14(34)9-31-27(2,3)4/h11,13,20,31,36-38,41H,7-9H2,1-6H3,(H2,30,40)(H,32,34)/t11-,13-,20-,28-/m0/s1. The Morgan fingerprint density at radius 1 is 1.17 bits per heavy atom. The molecule has 13 heteroatoms. The highest BCUT2D eigenvalue weighted by molar-refractivity contribution is 6.25. The van der Waals surface area contributed by atoms with Crippen LogP contribution in [0.4, 0.5) is 10.1 Å². The van der Waals surface area contributed by atoms with Crippen LogP contribution in [0.2, 0.25) is 0 Å². The summed E-state index contributed by atoms with van der Waals surface area (Å²) in [5.41, 5.74) is -0.332. The molecule has 0 aromatic heterocycles. The van der Waals surface area contributed by atoms with Crippen LogP contribution < -0.4 is 16.4 Å². The van der Waals surface area contributed by atoms with Gasteiger partial charge in [-0.2, -0.15) is 0 Å². The summed E-state index contributed by atoms with van der Waals surface area (Å²) in [6.07, 6.45) is -0.365. The van der Waals surface area contributed by atoms with E-state index < -0.39 is 92.2 Å². The maximum Gasteiger partial charge on any atom is 0.255 e. The molecule has 0 radical (unpaired) electrons. The van der Waals surface area contributed by atoms with E-state index in [9.17, 15) is 39.6 Å². The molecule has 0 bridgehead atoms. The van der Waals surface area contributed by atoms with Crippen LogP contribution in [0.25, 0.3) is 0 Å². The summed E-state index contributed by atoms with van der Waals surface area (Å²) in [7, 11) is 3.03. The number of ketones is 2. The fourth-order valence-electron chi connectivity index (χ4n) is 6.16. The average molecular weight is 575 g/mol. The first-order chi connectivity index (χ1) is 18.8. The maximum atomic E-state index is 15.7. The number of fused-ring (bicyclic) bond motifs is 3. The number of halogens is 1. The molecule has 0 fully saturated rings. The molecule has 8 N–H and O–H groups in total. The molecule has 2 amide bonds. The van der Waals surface area contributed by atoms with Crippen molar-refractivity contribution in [3.05, 3.63) is 45.2 Å². The van der Waals surface area contributed by atoms with Crippen molar-refractivity contribution in [3.63, 3.8) is 0 Å². The summed E-state index contributed by atoms with van der Waals surface area (Å²) in [4.78, 5) is 53.2. The van der Waals surface area contributed by atoms with Crippen LogP contribution >= 0.6 is 0 Å². The van der Waals surface area contributed by atoms with Gasteiger partial charge in [0, 0.05) is 28.2 Å². The number of phenolic OH excluding ortho intramolecular Hbond substituents is 1. The Kier molecular flexibility index (Phi) is 7.30. The zero-order valence-electron chi connectivity index (χ0n) is 23.7. The van der Waals surface area contributed by atoms with Gasteiger partial charge in [0.05, 0.1) is 23.8 Å². The smallest absolute Gasteiger partial charge is 0.255 e. The number of anilines is 1. The van der Waals surface area contributed by atoms with E-state index in [1.165, 1.54) is 25.9 Å². The second-order valence-corrected chi connectivity index (χ2v) is 12.1. The Labute approximate surface area is 235 Å². The van der Waals surface area contributed by atoms with Crippen LogP contribution in [0.1, 0.15) is 48.7 Å². The lowest BCUT2D eigenvalue weighted by Crippen LogP contribution is -2.63. The molecular weight excluding hydrogens is 539 g/mol. The van der Waals surface area contributed by atoms with E-state index in [4.69, 9.17) is 5.73 Å². The topological polar surface area (TPSA) is 203 Å². The summed E-state index contributed by atoms with van der Waals surface area (Å²) in [5, 5.41) is 50.3. The lowest BCUT2D eigenvalue weighted by Gasteiger charge is -2.50. The number of amides is 2. The minimum absolute atomic E-state index is 0.104. The number of benzene rings is 1. The first-order valence-corrected chi connectivity index (χ1v) is 13.1. The number of aliphatic hydroxyl groups excluding tert-OH is 2. The summed E-state index contributed by atoms with van der Waals surface area (Å²) < 4.78 is 15.7. The first kappa shape index (κ1) is 30.2. The summed E-state index contributed by atoms with van der Waals surface area (Å²) in [5.74, 6) is -9.80. The van der Waals surface area contributed by atoms with Crippen molar-refractivity contribution in [1.82, 2.24) is 10.2 Å². The second-order valence-electron chi connectivity index (χ2n) is 12.1. The lowest BCUT2D eigenvalue weighted by atomic mass is 9.58. The van der Waals surface area contributed by atoms with Crippen molar-refractivity contribution < 1.29 is 44.0 Å². The summed E-state index contributed by atoms with van der Waals surface area (Å²) in [6, 6.07) is -1.15. The Morgan fingerprint density at radius 2 is 1.78 bits per heavy atom. The molecule has 0 aliphatic heterocycles. The zero-order valence-corrected chi connectivity index (χ0v) is 23.7. The Morgan fingerprint density at radius 3 is 2.32 bits per heavy atom. The van der Waals surface area contributed by atoms with Crippen molar-refractivity contribution in [2.45, 2.75) is 57.7 Å². The van der Waals surface area contributed by atoms with E-state index in [-0.39, 0.29) is 36.2 Å². The van der Waals surface area contributed by atoms with E-state index in [0.717, 1.165) is 0 Å². The van der Waals surface area contributed by atoms with Gasteiger partial charge in [0.2, 0.25) is 11.7 Å². The minimum Gasteiger partial charge on any atom is -0.510 e. The molecule has 0 saturated heterocycles. The van der Waals surface area contributed by atoms with Crippen LogP contribution in [0.5, 0.6) is 5.75 Å². The number of aliphatic hydroxyl groups is 3. The van der Waals surface area contributed by atoms with Crippen LogP contribution in [0, 0.1) is 24.6 Å². The van der Waals surface area contributed by atoms with Gasteiger partial charge < -0.3 is 36.8 Å². The number of carbonyl (C=O) groups excluding carboxylic acids is 4. The number of nitrogens with two attached hydrogens (primary N) is 1. The number of nitrogens with one attached hydrogen (secondary N) is 2. The number of primary amides is 1. The van der Waals surface area contributed by atoms with Crippen LogP contribution in [-0.2, 0) is 20.8 Å². The zero-order chi connectivity index (χ0) is 30.9. The SMILES string of the molecule is Cc1c(F)c2c(c(O)c1NC(=O)CNC(C)(C)C)C(=O)C1=C(O)[C@]3(O)C(=O)C(C(N)=O)=C(O)[C@@H](N(C)C)[C@@H]3C[C@@H]1C2. The van der Waals surface area contributed by atoms with Gasteiger partial charge in [0.25, 0.3) is 5.91 Å². The predicted molar refractivity (Wildman–Crippen MR) is 145 cm³/mol. The third-order valence-electron chi connectivity index (χ3n) is 8.10. The van der Waals surface area contributed by atoms with Crippen LogP contribution in [0.15, 0.2) is 22.7 Å². The number of nitrogens with zero attached hydrogens (tertiary/aromatic N) is 1. The van der Waals surface area contributed by atoms with E-state index in [2.05, 4.69) is 10.6 Å². The number of allylic oxidation sites excluding steroid dienone is 1. The molecular formula is C28H35FN4O8. The van der Waals surface area contributed by atoms with E-state index >= 15 is 4.39 Å². The summed E-state index contributed by atoms with van der Waals surface area (Å²) in [6.45, 7) is 6.67. The van der Waals surface area contributed by atoms with Gasteiger partial charge in [-0.25, -0.2) is 4.39 Å². The van der Waals surface area contributed by atoms with Gasteiger partial charge in [-0.1, -0.05) is 0 Å². The minimum atomic E-state index is -2.81. The third kappa shape index (κ3) is 4.57. The van der Waals surface area contributed by atoms with E-state index in [1.807, 2.05) is 20.8 Å². The molecule has 1 aromatic carbocycles. The Hall–Kier alpha value is -3.81. The molecule has 3 aliphatic carbocycles. The number of rotatable bonds is 5. The van der Waals surface area contributed by atoms with E-state index in [1.54, 1.807) is 0 Å². The quantitative estimate of drug-likeness (QED) is 0.196. The number of hydrogen-bond acceptors (Lipinski definition) is 10. The van der Waals surface area contributed by atoms with Crippen molar-refractivity contribution in [2.75, 3.05) is 26.0 Å². The molecule has 0 spiro atoms. The van der Waals surface area contributed by atoms with Gasteiger partial charge in [0.15, 0.2) is 17.1 Å². The molecule has 0 heterocycles. The third-order valence-corrected chi connectivity index (χ3v) is 8.10. The van der Waals surface area contributed by atoms with Crippen molar-refractivity contribution in [2.24, 2.45) is 17.6 Å². The molecule has 3 aliphatic rings. The average Bonchev–Trinajstić information content (AvgIpc) is 2.85. The Bertz CT molecular complexity index is 1460. The molecule has 0 unspecified atom stereocenters. The number of Topliss-reactive ketones (excluding diaryl/α,β-unsaturated/α-hetero) is 2. The molecule has 0 saturated carbocycles. The maximum absolute atomic E-state index is 15.7. The van der Waals surface area contributed by atoms with Crippen molar-refractivity contribution in [1.29, 1.82) is 0 Å². The second kappa shape index (κ2) is 9.93. The van der Waals surface area contributed by atoms with Crippen LogP contribution in [-0.4, -0.2) is 86.5 Å². The number of likely N-dealkylation sites (N-methyl/N-ethyl adjacent to an activating group) is 1. The van der Waals surface area contributed by atoms with Gasteiger partial charge in [-0.3, -0.25) is 24.1 Å². The van der Waals surface area contributed by atoms with Gasteiger partial charge in [-0.15, -0.1) is 0 Å². The fraction of sp³-hybridized carbons (Fsp3) is 0.500. The highest BCUT2D eigenvalue weighted by Crippen LogP contribution is 2.53. The Balaban J connectivity index is 1.86. The van der Waals surface area contributed by atoms with Gasteiger partial charge >= 0.3 is 0 Å². The number of hydrogen-bond donors (Lipinski definition) is 7. The van der Waals surface area contributed by atoms with Crippen LogP contribution in [0.3, 0.4) is 0 Å². The predicted octanol–water partition coefficient (Wildman–Crippen LogP) is 0.895. The highest BCUT2D eigenvalue weighted by Gasteiger charge is 2.63. The van der Waals surface area contributed by atoms with E-state index in [0.29, 0.717) is 0 Å². The lowest BCUT2D eigenvalue weighted by molar-refractivity contribution is -0.148. The molecule has 12 nitrogen and oxygen atoms in total. The molecule has 222 valence electrons. The van der Waals surface area contributed by atoms with Gasteiger partial charge in [-0.05, 0) is 60.5 Å². The highest BCUT2D eigenvalue weighted by atomic mass is 19.1. The van der Waals surface area contributed by atoms with Gasteiger partial charge in [0.1, 0.15) is 22.9 Å². The molecule has 4 rings (SSSR count). The number of phenols is 1. The monoisotopic (exact) mass is 574 g/mol.